The molecule has 1 fully saturated rings. The molecule has 180 valence electrons. The minimum Gasteiger partial charge on any atom is -0.493 e. The highest BCUT2D eigenvalue weighted by molar-refractivity contribution is 6.21. The lowest BCUT2D eigenvalue weighted by atomic mass is 9.92. The highest BCUT2D eigenvalue weighted by Gasteiger charge is 2.42. The van der Waals surface area contributed by atoms with Crippen LogP contribution in [0.15, 0.2) is 30.4 Å². The summed E-state index contributed by atoms with van der Waals surface area (Å²) < 4.78 is 83.3. The molecular weight excluding hydrogens is 466 g/mol. The number of allylic oxidation sites excluding steroid dienone is 2. The van der Waals surface area contributed by atoms with E-state index in [-0.39, 0.29) is 31.4 Å². The first-order valence-electron chi connectivity index (χ1n) is 9.90. The van der Waals surface area contributed by atoms with Gasteiger partial charge in [-0.25, -0.2) is 0 Å². The van der Waals surface area contributed by atoms with Crippen LogP contribution in [-0.2, 0) is 17.1 Å². The second-order valence-corrected chi connectivity index (χ2v) is 8.25. The van der Waals surface area contributed by atoms with Crippen LogP contribution >= 0.6 is 11.6 Å². The summed E-state index contributed by atoms with van der Waals surface area (Å²) in [6.45, 7) is -0.305. The molecule has 0 spiro atoms. The van der Waals surface area contributed by atoms with Crippen molar-refractivity contribution in [2.24, 2.45) is 11.8 Å². The normalized spacial score (nSPS) is 24.2. The predicted octanol–water partition coefficient (Wildman–Crippen LogP) is 5.91. The van der Waals surface area contributed by atoms with Gasteiger partial charge in [-0.2, -0.15) is 26.3 Å². The molecule has 11 heteroatoms. The summed E-state index contributed by atoms with van der Waals surface area (Å²) in [6, 6.07) is 1.00. The van der Waals surface area contributed by atoms with Crippen LogP contribution in [0.5, 0.6) is 5.75 Å². The summed E-state index contributed by atoms with van der Waals surface area (Å²) in [5.41, 5.74) is -2.96. The van der Waals surface area contributed by atoms with Crippen molar-refractivity contribution in [2.75, 3.05) is 6.61 Å². The summed E-state index contributed by atoms with van der Waals surface area (Å²) in [4.78, 5) is 10.5. The van der Waals surface area contributed by atoms with Crippen molar-refractivity contribution in [3.05, 3.63) is 41.5 Å². The van der Waals surface area contributed by atoms with E-state index in [0.717, 1.165) is 0 Å². The largest absolute Gasteiger partial charge is 0.493 e. The van der Waals surface area contributed by atoms with Crippen molar-refractivity contribution in [1.29, 1.82) is 0 Å². The number of halogens is 7. The van der Waals surface area contributed by atoms with Gasteiger partial charge in [0.25, 0.3) is 0 Å². The lowest BCUT2D eigenvalue weighted by Gasteiger charge is -2.23. The van der Waals surface area contributed by atoms with Crippen LogP contribution in [0.25, 0.3) is 0 Å². The van der Waals surface area contributed by atoms with Crippen LogP contribution in [-0.4, -0.2) is 34.3 Å². The molecule has 1 aromatic carbocycles. The quantitative estimate of drug-likeness (QED) is 0.196. The van der Waals surface area contributed by atoms with E-state index in [2.05, 4.69) is 0 Å². The first kappa shape index (κ1) is 26.3. The van der Waals surface area contributed by atoms with Gasteiger partial charge in [0.2, 0.25) is 0 Å². The van der Waals surface area contributed by atoms with Gasteiger partial charge in [0.1, 0.15) is 5.75 Å². The average Bonchev–Trinajstić information content (AvgIpc) is 2.93. The number of hydrogen-bond donors (Lipinski definition) is 2. The van der Waals surface area contributed by atoms with Gasteiger partial charge < -0.3 is 14.9 Å². The van der Waals surface area contributed by atoms with Crippen LogP contribution < -0.4 is 4.74 Å². The number of rotatable bonds is 9. The van der Waals surface area contributed by atoms with Crippen molar-refractivity contribution < 1.29 is 46.1 Å². The van der Waals surface area contributed by atoms with E-state index >= 15 is 0 Å². The monoisotopic (exact) mass is 488 g/mol. The molecule has 1 unspecified atom stereocenters. The molecule has 4 nitrogen and oxygen atoms in total. The molecule has 1 saturated carbocycles. The summed E-state index contributed by atoms with van der Waals surface area (Å²) in [7, 11) is 0. The summed E-state index contributed by atoms with van der Waals surface area (Å²) in [6.07, 6.45) is -5.72. The molecule has 0 radical (unpaired) electrons. The maximum atomic E-state index is 13.0. The molecule has 0 amide bonds. The summed E-state index contributed by atoms with van der Waals surface area (Å²) in [5.74, 6) is -2.40. The lowest BCUT2D eigenvalue weighted by Crippen LogP contribution is -2.27. The number of carboxylic acids is 1. The Morgan fingerprint density at radius 2 is 1.66 bits per heavy atom. The molecule has 1 aliphatic carbocycles. The van der Waals surface area contributed by atoms with Crippen molar-refractivity contribution in [2.45, 2.75) is 55.9 Å². The van der Waals surface area contributed by atoms with Gasteiger partial charge in [0.15, 0.2) is 0 Å². The standard InChI is InChI=1S/C21H23ClF6O4/c22-17-10-18(29)16(15(17)5-3-1-2-4-6-19(30)31)11-32-14-8-12(20(23,24)25)7-13(9-14)21(26,27)28/h1,3,7-9,15-18,29H,2,4-6,10-11H2,(H,30,31)/b3-1-/t15-,16-,17?,18-/m1/s1. The van der Waals surface area contributed by atoms with E-state index < -0.39 is 52.6 Å². The zero-order valence-electron chi connectivity index (χ0n) is 16.8. The number of aliphatic carboxylic acids is 1. The molecule has 2 rings (SSSR count). The van der Waals surface area contributed by atoms with E-state index in [1.165, 1.54) is 0 Å². The van der Waals surface area contributed by atoms with Gasteiger partial charge in [-0.3, -0.25) is 4.79 Å². The van der Waals surface area contributed by atoms with Gasteiger partial charge >= 0.3 is 18.3 Å². The van der Waals surface area contributed by atoms with Crippen LogP contribution in [0.3, 0.4) is 0 Å². The molecule has 0 aliphatic heterocycles. The van der Waals surface area contributed by atoms with E-state index in [1.807, 2.05) is 0 Å². The Kier molecular flexibility index (Phi) is 8.87. The Bertz CT molecular complexity index is 776. The Balaban J connectivity index is 2.08. The third-order valence-electron chi connectivity index (χ3n) is 5.32. The Morgan fingerprint density at radius 3 is 2.19 bits per heavy atom. The fourth-order valence-corrected chi connectivity index (χ4v) is 4.11. The van der Waals surface area contributed by atoms with Crippen molar-refractivity contribution in [1.82, 2.24) is 0 Å². The number of carbonyl (C=O) groups is 1. The maximum absolute atomic E-state index is 13.0. The molecule has 0 aromatic heterocycles. The highest BCUT2D eigenvalue weighted by Crippen LogP contribution is 2.41. The molecule has 4 atom stereocenters. The SMILES string of the molecule is O=C(O)CCC/C=C\C[C@H]1C(Cl)C[C@@H](O)[C@@H]1COc1cc(C(F)(F)F)cc(C(F)(F)F)c1. The number of aliphatic hydroxyl groups is 1. The lowest BCUT2D eigenvalue weighted by molar-refractivity contribution is -0.143. The van der Waals surface area contributed by atoms with Crippen LogP contribution in [0.1, 0.15) is 43.2 Å². The summed E-state index contributed by atoms with van der Waals surface area (Å²) >= 11 is 6.28. The van der Waals surface area contributed by atoms with Gasteiger partial charge in [-0.05, 0) is 49.8 Å². The first-order chi connectivity index (χ1) is 14.8. The van der Waals surface area contributed by atoms with E-state index in [0.29, 0.717) is 31.4 Å². The average molecular weight is 489 g/mol. The number of hydrogen-bond acceptors (Lipinski definition) is 3. The van der Waals surface area contributed by atoms with Crippen molar-refractivity contribution in [3.8, 4) is 5.75 Å². The molecular formula is C21H23ClF6O4. The fourth-order valence-electron chi connectivity index (χ4n) is 3.64. The Morgan fingerprint density at radius 1 is 1.06 bits per heavy atom. The van der Waals surface area contributed by atoms with E-state index in [9.17, 15) is 36.2 Å². The molecule has 1 aromatic rings. The zero-order valence-corrected chi connectivity index (χ0v) is 17.6. The Hall–Kier alpha value is -1.94. The second-order valence-electron chi connectivity index (χ2n) is 7.69. The summed E-state index contributed by atoms with van der Waals surface area (Å²) in [5, 5.41) is 18.4. The van der Waals surface area contributed by atoms with Crippen LogP contribution in [0.4, 0.5) is 26.3 Å². The first-order valence-corrected chi connectivity index (χ1v) is 10.3. The number of alkyl halides is 7. The van der Waals surface area contributed by atoms with Crippen LogP contribution in [0, 0.1) is 11.8 Å². The number of ether oxygens (including phenoxy) is 1. The molecule has 0 bridgehead atoms. The topological polar surface area (TPSA) is 66.8 Å². The second kappa shape index (κ2) is 10.8. The highest BCUT2D eigenvalue weighted by atomic mass is 35.5. The minimum absolute atomic E-state index is 0.0179. The molecule has 2 N–H and O–H groups in total. The third kappa shape index (κ3) is 7.58. The number of benzene rings is 1. The van der Waals surface area contributed by atoms with Gasteiger partial charge in [-0.1, -0.05) is 12.2 Å². The van der Waals surface area contributed by atoms with Crippen molar-refractivity contribution >= 4 is 17.6 Å². The fraction of sp³-hybridized carbons (Fsp3) is 0.571. The third-order valence-corrected chi connectivity index (χ3v) is 5.82. The van der Waals surface area contributed by atoms with E-state index in [1.54, 1.807) is 12.2 Å². The predicted molar refractivity (Wildman–Crippen MR) is 104 cm³/mol. The number of carboxylic acid groups (broad SMARTS) is 1. The minimum atomic E-state index is -4.98. The zero-order chi connectivity index (χ0) is 24.1. The van der Waals surface area contributed by atoms with Gasteiger partial charge in [0, 0.05) is 17.7 Å². The van der Waals surface area contributed by atoms with Crippen molar-refractivity contribution in [3.63, 3.8) is 0 Å². The maximum Gasteiger partial charge on any atom is 0.416 e. The van der Waals surface area contributed by atoms with Gasteiger partial charge in [-0.15, -0.1) is 11.6 Å². The molecule has 0 heterocycles. The molecule has 1 aliphatic rings. The van der Waals surface area contributed by atoms with E-state index in [4.69, 9.17) is 21.4 Å². The molecule has 0 saturated heterocycles. The Labute approximate surface area is 185 Å². The number of aliphatic hydroxyl groups excluding tert-OH is 1. The number of unbranched alkanes of at least 4 members (excludes halogenated alkanes) is 1. The smallest absolute Gasteiger partial charge is 0.416 e. The van der Waals surface area contributed by atoms with Gasteiger partial charge in [0.05, 0.1) is 23.8 Å². The van der Waals surface area contributed by atoms with Crippen LogP contribution in [0.2, 0.25) is 0 Å². The molecule has 32 heavy (non-hydrogen) atoms.